The van der Waals surface area contributed by atoms with Gasteiger partial charge in [-0.1, -0.05) is 19.1 Å². The zero-order chi connectivity index (χ0) is 20.7. The number of thioether (sulfide) groups is 1. The molecule has 0 saturated heterocycles. The number of hydrogen-bond acceptors (Lipinski definition) is 4. The van der Waals surface area contributed by atoms with Crippen LogP contribution in [0.15, 0.2) is 47.6 Å². The van der Waals surface area contributed by atoms with Gasteiger partial charge in [0.1, 0.15) is 5.03 Å². The van der Waals surface area contributed by atoms with Crippen LogP contribution >= 0.6 is 11.8 Å². The van der Waals surface area contributed by atoms with Crippen LogP contribution in [-0.4, -0.2) is 28.3 Å². The minimum absolute atomic E-state index is 0.0333. The molecule has 28 heavy (non-hydrogen) atoms. The normalized spacial score (nSPS) is 12.3. The molecule has 0 aliphatic carbocycles. The van der Waals surface area contributed by atoms with Crippen LogP contribution in [0, 0.1) is 0 Å². The zero-order valence-electron chi connectivity index (χ0n) is 15.3. The summed E-state index contributed by atoms with van der Waals surface area (Å²) >= 11 is -0.433. The van der Waals surface area contributed by atoms with E-state index in [1.807, 2.05) is 13.8 Å². The second-order valence-corrected chi connectivity index (χ2v) is 7.12. The summed E-state index contributed by atoms with van der Waals surface area (Å²) < 4.78 is 37.9. The molecule has 5 nitrogen and oxygen atoms in total. The lowest BCUT2D eigenvalue weighted by Gasteiger charge is -2.13. The Morgan fingerprint density at radius 2 is 1.93 bits per heavy atom. The number of carbonyl (C=O) groups is 2. The molecule has 0 aliphatic rings. The Morgan fingerprint density at radius 3 is 2.61 bits per heavy atom. The number of amides is 2. The first-order valence-electron chi connectivity index (χ1n) is 8.58. The van der Waals surface area contributed by atoms with Crippen molar-refractivity contribution in [3.8, 4) is 0 Å². The fourth-order valence-corrected chi connectivity index (χ4v) is 2.87. The lowest BCUT2D eigenvalue weighted by molar-refractivity contribution is -0.0329. The van der Waals surface area contributed by atoms with E-state index in [0.717, 1.165) is 6.42 Å². The van der Waals surface area contributed by atoms with Gasteiger partial charge in [0.25, 0.3) is 11.8 Å². The molecule has 2 rings (SSSR count). The van der Waals surface area contributed by atoms with Crippen molar-refractivity contribution in [2.24, 2.45) is 0 Å². The number of pyridine rings is 1. The van der Waals surface area contributed by atoms with Crippen molar-refractivity contribution in [1.82, 2.24) is 15.6 Å². The molecular formula is C19H20F3N3O2S. The van der Waals surface area contributed by atoms with E-state index in [1.165, 1.54) is 18.3 Å². The molecule has 2 amide bonds. The smallest absolute Gasteiger partial charge is 0.350 e. The second kappa shape index (κ2) is 9.59. The largest absolute Gasteiger partial charge is 0.447 e. The minimum atomic E-state index is -4.54. The summed E-state index contributed by atoms with van der Waals surface area (Å²) in [5.41, 5.74) is -3.60. The molecule has 0 radical (unpaired) electrons. The second-order valence-electron chi connectivity index (χ2n) is 6.07. The molecule has 150 valence electrons. The van der Waals surface area contributed by atoms with E-state index in [-0.39, 0.29) is 24.1 Å². The summed E-state index contributed by atoms with van der Waals surface area (Å²) in [4.78, 5) is 28.1. The first-order valence-corrected chi connectivity index (χ1v) is 9.40. The molecule has 0 fully saturated rings. The number of alkyl halides is 3. The van der Waals surface area contributed by atoms with Crippen LogP contribution in [0.2, 0.25) is 0 Å². The van der Waals surface area contributed by atoms with Crippen LogP contribution in [0.5, 0.6) is 0 Å². The standard InChI is InChI=1S/C19H20F3N3O2S/c1-3-12(2)25-16(26)14-7-4-6-13(10-14)11-24-17(27)15-8-5-9-23-18(15)28-19(20,21)22/h4-10,12H,3,11H2,1-2H3,(H,24,27)(H,25,26). The number of hydrogen-bond donors (Lipinski definition) is 2. The Hall–Kier alpha value is -2.55. The quantitative estimate of drug-likeness (QED) is 0.672. The van der Waals surface area contributed by atoms with Gasteiger partial charge in [-0.2, -0.15) is 13.2 Å². The molecule has 1 heterocycles. The van der Waals surface area contributed by atoms with Crippen LogP contribution in [0.1, 0.15) is 46.5 Å². The molecule has 1 aromatic carbocycles. The lowest BCUT2D eigenvalue weighted by atomic mass is 10.1. The van der Waals surface area contributed by atoms with E-state index >= 15 is 0 Å². The number of carbonyl (C=O) groups excluding carboxylic acids is 2. The highest BCUT2D eigenvalue weighted by Gasteiger charge is 2.32. The van der Waals surface area contributed by atoms with Crippen molar-refractivity contribution in [3.63, 3.8) is 0 Å². The fourth-order valence-electron chi connectivity index (χ4n) is 2.26. The van der Waals surface area contributed by atoms with Crippen molar-refractivity contribution in [2.45, 2.75) is 43.4 Å². The third-order valence-corrected chi connectivity index (χ3v) is 4.61. The van der Waals surface area contributed by atoms with Crippen LogP contribution in [0.25, 0.3) is 0 Å². The molecule has 1 aromatic heterocycles. The van der Waals surface area contributed by atoms with E-state index in [0.29, 0.717) is 11.1 Å². The Morgan fingerprint density at radius 1 is 1.18 bits per heavy atom. The van der Waals surface area contributed by atoms with Gasteiger partial charge in [-0.3, -0.25) is 9.59 Å². The fraction of sp³-hybridized carbons (Fsp3) is 0.316. The number of halogens is 3. The average molecular weight is 411 g/mol. The van der Waals surface area contributed by atoms with Gasteiger partial charge in [0, 0.05) is 36.1 Å². The maximum Gasteiger partial charge on any atom is 0.447 e. The summed E-state index contributed by atoms with van der Waals surface area (Å²) in [6.45, 7) is 3.92. The highest BCUT2D eigenvalue weighted by atomic mass is 32.2. The van der Waals surface area contributed by atoms with Gasteiger partial charge in [-0.15, -0.1) is 0 Å². The molecule has 0 aliphatic heterocycles. The van der Waals surface area contributed by atoms with E-state index in [2.05, 4.69) is 15.6 Å². The van der Waals surface area contributed by atoms with Crippen LogP contribution in [-0.2, 0) is 6.54 Å². The number of nitrogens with zero attached hydrogens (tertiary/aromatic N) is 1. The zero-order valence-corrected chi connectivity index (χ0v) is 16.2. The monoisotopic (exact) mass is 411 g/mol. The van der Waals surface area contributed by atoms with E-state index in [1.54, 1.807) is 24.3 Å². The third kappa shape index (κ3) is 6.56. The highest BCUT2D eigenvalue weighted by Crippen LogP contribution is 2.37. The maximum atomic E-state index is 12.6. The Balaban J connectivity index is 2.06. The molecule has 0 saturated carbocycles. The van der Waals surface area contributed by atoms with Crippen molar-refractivity contribution >= 4 is 23.6 Å². The maximum absolute atomic E-state index is 12.6. The van der Waals surface area contributed by atoms with Gasteiger partial charge in [0.05, 0.1) is 5.56 Å². The van der Waals surface area contributed by atoms with Gasteiger partial charge >= 0.3 is 5.51 Å². The van der Waals surface area contributed by atoms with Crippen LogP contribution < -0.4 is 10.6 Å². The van der Waals surface area contributed by atoms with E-state index < -0.39 is 28.2 Å². The Bertz CT molecular complexity index is 843. The number of benzene rings is 1. The average Bonchev–Trinajstić information content (AvgIpc) is 2.65. The molecule has 2 N–H and O–H groups in total. The summed E-state index contributed by atoms with van der Waals surface area (Å²) in [5, 5.41) is 5.01. The summed E-state index contributed by atoms with van der Waals surface area (Å²) in [6.07, 6.45) is 2.00. The molecule has 1 unspecified atom stereocenters. The lowest BCUT2D eigenvalue weighted by Crippen LogP contribution is -2.32. The number of rotatable bonds is 7. The summed E-state index contributed by atoms with van der Waals surface area (Å²) in [7, 11) is 0. The molecule has 0 bridgehead atoms. The molecule has 2 aromatic rings. The van der Waals surface area contributed by atoms with Gasteiger partial charge in [-0.25, -0.2) is 4.98 Å². The van der Waals surface area contributed by atoms with Gasteiger partial charge in [0.15, 0.2) is 0 Å². The van der Waals surface area contributed by atoms with Crippen molar-refractivity contribution in [3.05, 3.63) is 59.3 Å². The SMILES string of the molecule is CCC(C)NC(=O)c1cccc(CNC(=O)c2cccnc2SC(F)(F)F)c1. The van der Waals surface area contributed by atoms with Gasteiger partial charge < -0.3 is 10.6 Å². The van der Waals surface area contributed by atoms with Crippen LogP contribution in [0.4, 0.5) is 13.2 Å². The van der Waals surface area contributed by atoms with Crippen molar-refractivity contribution in [1.29, 1.82) is 0 Å². The van der Waals surface area contributed by atoms with Gasteiger partial charge in [0.2, 0.25) is 0 Å². The molecule has 0 spiro atoms. The Labute approximate surface area is 165 Å². The van der Waals surface area contributed by atoms with Crippen LogP contribution in [0.3, 0.4) is 0 Å². The predicted octanol–water partition coefficient (Wildman–Crippen LogP) is 4.15. The predicted molar refractivity (Wildman–Crippen MR) is 101 cm³/mol. The summed E-state index contributed by atoms with van der Waals surface area (Å²) in [5.74, 6) is -0.895. The number of aromatic nitrogens is 1. The Kier molecular flexibility index (Phi) is 7.45. The molecular weight excluding hydrogens is 391 g/mol. The molecule has 9 heteroatoms. The summed E-state index contributed by atoms with van der Waals surface area (Å²) in [6, 6.07) is 9.40. The highest BCUT2D eigenvalue weighted by molar-refractivity contribution is 8.00. The third-order valence-electron chi connectivity index (χ3n) is 3.86. The topological polar surface area (TPSA) is 71.1 Å². The van der Waals surface area contributed by atoms with Crippen molar-refractivity contribution < 1.29 is 22.8 Å². The number of nitrogens with one attached hydrogen (secondary N) is 2. The minimum Gasteiger partial charge on any atom is -0.350 e. The van der Waals surface area contributed by atoms with E-state index in [4.69, 9.17) is 0 Å². The van der Waals surface area contributed by atoms with E-state index in [9.17, 15) is 22.8 Å². The van der Waals surface area contributed by atoms with Crippen molar-refractivity contribution in [2.75, 3.05) is 0 Å². The molecule has 1 atom stereocenters. The first kappa shape index (κ1) is 21.7. The first-order chi connectivity index (χ1) is 13.2. The van der Waals surface area contributed by atoms with Gasteiger partial charge in [-0.05, 0) is 43.2 Å².